The minimum Gasteiger partial charge on any atom is -0.484 e. The van der Waals surface area contributed by atoms with E-state index < -0.39 is 17.7 Å². The van der Waals surface area contributed by atoms with E-state index in [0.717, 1.165) is 42.5 Å². The number of aromatic nitrogens is 1. The molecule has 0 radical (unpaired) electrons. The second-order valence-corrected chi connectivity index (χ2v) is 8.25. The van der Waals surface area contributed by atoms with E-state index in [0.29, 0.717) is 29.1 Å². The van der Waals surface area contributed by atoms with Gasteiger partial charge in [0.2, 0.25) is 0 Å². The minimum atomic E-state index is -4.38. The first-order valence-corrected chi connectivity index (χ1v) is 11.3. The fourth-order valence-electron chi connectivity index (χ4n) is 3.71. The van der Waals surface area contributed by atoms with E-state index in [1.54, 1.807) is 6.07 Å². The molecule has 0 bridgehead atoms. The van der Waals surface area contributed by atoms with Crippen molar-refractivity contribution in [3.8, 4) is 17.0 Å². The predicted molar refractivity (Wildman–Crippen MR) is 125 cm³/mol. The molecule has 0 aliphatic heterocycles. The highest BCUT2D eigenvalue weighted by Gasteiger charge is 2.30. The number of hydrogen-bond donors (Lipinski definition) is 1. The number of unbranched alkanes of at least 4 members (excludes halogenated alkanes) is 1. The number of halogens is 3. The summed E-state index contributed by atoms with van der Waals surface area (Å²) in [5.41, 5.74) is 3.11. The van der Waals surface area contributed by atoms with Gasteiger partial charge in [-0.3, -0.25) is 4.79 Å². The van der Waals surface area contributed by atoms with Crippen molar-refractivity contribution < 1.29 is 27.8 Å². The third kappa shape index (κ3) is 6.83. The molecule has 2 aromatic carbocycles. The lowest BCUT2D eigenvalue weighted by Gasteiger charge is -2.20. The zero-order chi connectivity index (χ0) is 24.7. The van der Waals surface area contributed by atoms with E-state index in [-0.39, 0.29) is 12.5 Å². The SMILES string of the molecule is CCCC[C@H](Oc1ccc(CCC(=O)O)c(C)c1)c1cccc(-c2ccc(C(F)(F)F)cc2)n1. The Hall–Kier alpha value is -3.35. The molecule has 0 amide bonds. The highest BCUT2D eigenvalue weighted by atomic mass is 19.4. The first-order chi connectivity index (χ1) is 16.2. The number of aryl methyl sites for hydroxylation is 2. The number of ether oxygens (including phenoxy) is 1. The van der Waals surface area contributed by atoms with Crippen molar-refractivity contribution in [2.24, 2.45) is 0 Å². The summed E-state index contributed by atoms with van der Waals surface area (Å²) in [5.74, 6) is -0.169. The summed E-state index contributed by atoms with van der Waals surface area (Å²) in [4.78, 5) is 15.6. The number of alkyl halides is 3. The van der Waals surface area contributed by atoms with Crippen LogP contribution in [-0.2, 0) is 17.4 Å². The molecule has 0 saturated heterocycles. The maximum absolute atomic E-state index is 12.9. The summed E-state index contributed by atoms with van der Waals surface area (Å²) in [6.45, 7) is 4.01. The molecule has 1 atom stereocenters. The van der Waals surface area contributed by atoms with Gasteiger partial charge in [-0.1, -0.05) is 37.6 Å². The van der Waals surface area contributed by atoms with Gasteiger partial charge in [0.25, 0.3) is 0 Å². The molecule has 0 saturated carbocycles. The van der Waals surface area contributed by atoms with Crippen LogP contribution in [-0.4, -0.2) is 16.1 Å². The lowest BCUT2D eigenvalue weighted by atomic mass is 10.0. The second-order valence-electron chi connectivity index (χ2n) is 8.25. The van der Waals surface area contributed by atoms with Gasteiger partial charge in [0.05, 0.1) is 17.0 Å². The van der Waals surface area contributed by atoms with Crippen molar-refractivity contribution in [1.82, 2.24) is 4.98 Å². The highest BCUT2D eigenvalue weighted by Crippen LogP contribution is 2.32. The summed E-state index contributed by atoms with van der Waals surface area (Å²) in [5, 5.41) is 8.92. The van der Waals surface area contributed by atoms with Crippen LogP contribution in [0.5, 0.6) is 5.75 Å². The Bertz CT molecular complexity index is 1110. The van der Waals surface area contributed by atoms with E-state index >= 15 is 0 Å². The second kappa shape index (κ2) is 11.2. The number of rotatable bonds is 10. The number of carbonyl (C=O) groups is 1. The first-order valence-electron chi connectivity index (χ1n) is 11.3. The van der Waals surface area contributed by atoms with Gasteiger partial charge in [-0.2, -0.15) is 13.2 Å². The number of nitrogens with zero attached hydrogens (tertiary/aromatic N) is 1. The topological polar surface area (TPSA) is 59.4 Å². The van der Waals surface area contributed by atoms with Crippen molar-refractivity contribution in [3.63, 3.8) is 0 Å². The highest BCUT2D eigenvalue weighted by molar-refractivity contribution is 5.67. The summed E-state index contributed by atoms with van der Waals surface area (Å²) in [6, 6.07) is 16.1. The maximum Gasteiger partial charge on any atom is 0.416 e. The molecule has 0 aliphatic carbocycles. The van der Waals surface area contributed by atoms with Crippen LogP contribution in [0.25, 0.3) is 11.3 Å². The Morgan fingerprint density at radius 2 is 1.82 bits per heavy atom. The van der Waals surface area contributed by atoms with Gasteiger partial charge in [-0.15, -0.1) is 0 Å². The Labute approximate surface area is 197 Å². The van der Waals surface area contributed by atoms with E-state index in [1.807, 2.05) is 37.3 Å². The average molecular weight is 472 g/mol. The fourth-order valence-corrected chi connectivity index (χ4v) is 3.71. The number of pyridine rings is 1. The van der Waals surface area contributed by atoms with Gasteiger partial charge >= 0.3 is 12.1 Å². The molecule has 0 unspecified atom stereocenters. The van der Waals surface area contributed by atoms with Crippen molar-refractivity contribution in [1.29, 1.82) is 0 Å². The summed E-state index contributed by atoms with van der Waals surface area (Å²) in [7, 11) is 0. The number of carboxylic acid groups (broad SMARTS) is 1. The molecule has 0 fully saturated rings. The Morgan fingerprint density at radius 3 is 2.44 bits per heavy atom. The monoisotopic (exact) mass is 471 g/mol. The number of carboxylic acids is 1. The molecule has 3 aromatic rings. The Kier molecular flexibility index (Phi) is 8.31. The third-order valence-corrected chi connectivity index (χ3v) is 5.63. The normalized spacial score (nSPS) is 12.4. The molecule has 34 heavy (non-hydrogen) atoms. The van der Waals surface area contributed by atoms with Crippen molar-refractivity contribution in [2.45, 2.75) is 58.2 Å². The quantitative estimate of drug-likeness (QED) is 0.335. The van der Waals surface area contributed by atoms with Crippen LogP contribution in [0.15, 0.2) is 60.7 Å². The molecule has 0 spiro atoms. The third-order valence-electron chi connectivity index (χ3n) is 5.63. The summed E-state index contributed by atoms with van der Waals surface area (Å²) >= 11 is 0. The number of aliphatic carboxylic acids is 1. The number of benzene rings is 2. The average Bonchev–Trinajstić information content (AvgIpc) is 2.80. The van der Waals surface area contributed by atoms with Gasteiger partial charge < -0.3 is 9.84 Å². The zero-order valence-corrected chi connectivity index (χ0v) is 19.2. The molecular formula is C27H28F3NO3. The van der Waals surface area contributed by atoms with Crippen LogP contribution in [0.2, 0.25) is 0 Å². The van der Waals surface area contributed by atoms with Crippen LogP contribution in [0.3, 0.4) is 0 Å². The van der Waals surface area contributed by atoms with E-state index in [1.165, 1.54) is 12.1 Å². The molecule has 180 valence electrons. The molecule has 7 heteroatoms. The van der Waals surface area contributed by atoms with Gasteiger partial charge in [0.15, 0.2) is 0 Å². The lowest BCUT2D eigenvalue weighted by molar-refractivity contribution is -0.138. The van der Waals surface area contributed by atoms with Gasteiger partial charge in [-0.05, 0) is 73.7 Å². The lowest BCUT2D eigenvalue weighted by Crippen LogP contribution is -2.10. The minimum absolute atomic E-state index is 0.0703. The smallest absolute Gasteiger partial charge is 0.416 e. The molecule has 0 aliphatic rings. The molecule has 4 nitrogen and oxygen atoms in total. The van der Waals surface area contributed by atoms with Crippen LogP contribution < -0.4 is 4.74 Å². The zero-order valence-electron chi connectivity index (χ0n) is 19.2. The largest absolute Gasteiger partial charge is 0.484 e. The van der Waals surface area contributed by atoms with Crippen molar-refractivity contribution in [3.05, 3.63) is 83.0 Å². The fraction of sp³-hybridized carbons (Fsp3) is 0.333. The van der Waals surface area contributed by atoms with E-state index in [9.17, 15) is 18.0 Å². The molecular weight excluding hydrogens is 443 g/mol. The summed E-state index contributed by atoms with van der Waals surface area (Å²) < 4.78 is 45.0. The van der Waals surface area contributed by atoms with Crippen molar-refractivity contribution >= 4 is 5.97 Å². The van der Waals surface area contributed by atoms with Crippen LogP contribution in [0, 0.1) is 6.92 Å². The van der Waals surface area contributed by atoms with Gasteiger partial charge in [-0.25, -0.2) is 4.98 Å². The predicted octanol–water partition coefficient (Wildman–Crippen LogP) is 7.40. The van der Waals surface area contributed by atoms with Gasteiger partial charge in [0.1, 0.15) is 11.9 Å². The first kappa shape index (κ1) is 25.3. The Morgan fingerprint density at radius 1 is 1.09 bits per heavy atom. The van der Waals surface area contributed by atoms with Crippen LogP contribution in [0.4, 0.5) is 13.2 Å². The standard InChI is InChI=1S/C27H28F3NO3/c1-3-4-8-25(34-22-15-11-19(18(2)17-22)12-16-26(32)33)24-7-5-6-23(31-24)20-9-13-21(14-10-20)27(28,29)30/h5-7,9-11,13-15,17,25H,3-4,8,12,16H2,1-2H3,(H,32,33)/t25-/m0/s1. The molecule has 1 aromatic heterocycles. The molecule has 3 rings (SSSR count). The summed E-state index contributed by atoms with van der Waals surface area (Å²) in [6.07, 6.45) is -1.54. The maximum atomic E-state index is 12.9. The number of hydrogen-bond acceptors (Lipinski definition) is 3. The van der Waals surface area contributed by atoms with Crippen molar-refractivity contribution in [2.75, 3.05) is 0 Å². The van der Waals surface area contributed by atoms with E-state index in [4.69, 9.17) is 14.8 Å². The Balaban J connectivity index is 1.83. The van der Waals surface area contributed by atoms with Crippen LogP contribution in [0.1, 0.15) is 61.1 Å². The van der Waals surface area contributed by atoms with Gasteiger partial charge in [0, 0.05) is 12.0 Å². The van der Waals surface area contributed by atoms with Crippen LogP contribution >= 0.6 is 0 Å². The molecule has 1 N–H and O–H groups in total. The van der Waals surface area contributed by atoms with E-state index in [2.05, 4.69) is 6.92 Å². The molecule has 1 heterocycles.